The van der Waals surface area contributed by atoms with Gasteiger partial charge in [-0.15, -0.1) is 0 Å². The average molecular weight is 620 g/mol. The molecule has 0 saturated heterocycles. The van der Waals surface area contributed by atoms with E-state index in [1.54, 1.807) is 6.07 Å². The van der Waals surface area contributed by atoms with E-state index in [9.17, 15) is 9.90 Å². The predicted molar refractivity (Wildman–Crippen MR) is 161 cm³/mol. The van der Waals surface area contributed by atoms with Gasteiger partial charge in [-0.05, 0) is 87.1 Å². The largest absolute Gasteiger partial charge is 0.478 e. The van der Waals surface area contributed by atoms with E-state index >= 15 is 0 Å². The second kappa shape index (κ2) is 10.9. The van der Waals surface area contributed by atoms with Crippen molar-refractivity contribution in [2.75, 3.05) is 11.9 Å². The van der Waals surface area contributed by atoms with Gasteiger partial charge >= 0.3 is 5.97 Å². The predicted octanol–water partition coefficient (Wildman–Crippen LogP) is 9.17. The second-order valence-electron chi connectivity index (χ2n) is 11.5. The van der Waals surface area contributed by atoms with Gasteiger partial charge in [0.15, 0.2) is 0 Å². The number of hydrogen-bond acceptors (Lipinski definition) is 5. The fourth-order valence-electron chi connectivity index (χ4n) is 6.24. The van der Waals surface area contributed by atoms with Crippen LogP contribution in [0.3, 0.4) is 0 Å². The number of fused-ring (bicyclic) bond motifs is 3. The monoisotopic (exact) mass is 618 g/mol. The molecule has 7 rings (SSSR count). The fourth-order valence-corrected chi connectivity index (χ4v) is 7.46. The molecule has 40 heavy (non-hydrogen) atoms. The van der Waals surface area contributed by atoms with Crippen LogP contribution in [0.2, 0.25) is 15.1 Å². The van der Waals surface area contributed by atoms with Crippen LogP contribution in [-0.4, -0.2) is 27.8 Å². The van der Waals surface area contributed by atoms with Gasteiger partial charge < -0.3 is 19.7 Å². The van der Waals surface area contributed by atoms with Crippen molar-refractivity contribution in [2.24, 2.45) is 10.8 Å². The smallest absolute Gasteiger partial charge is 0.335 e. The highest BCUT2D eigenvalue weighted by molar-refractivity contribution is 7.80. The van der Waals surface area contributed by atoms with Crippen LogP contribution in [0.5, 0.6) is 0 Å². The van der Waals surface area contributed by atoms with E-state index < -0.39 is 5.97 Å². The second-order valence-corrected chi connectivity index (χ2v) is 13.1. The molecular formula is C30H29Cl3N2O4S. The molecule has 10 heteroatoms. The Kier molecular flexibility index (Phi) is 7.64. The van der Waals surface area contributed by atoms with Crippen molar-refractivity contribution in [1.29, 1.82) is 0 Å². The topological polar surface area (TPSA) is 84.6 Å². The molecular weight excluding hydrogens is 591 g/mol. The number of nitrogens with zero attached hydrogens (tertiary/aromatic N) is 1. The molecule has 4 aliphatic rings. The number of thiocarbonyl (C=S) groups is 1. The van der Waals surface area contributed by atoms with E-state index in [2.05, 4.69) is 10.5 Å². The van der Waals surface area contributed by atoms with Crippen LogP contribution >= 0.6 is 47.0 Å². The maximum atomic E-state index is 11.2. The van der Waals surface area contributed by atoms with Gasteiger partial charge in [-0.2, -0.15) is 0 Å². The van der Waals surface area contributed by atoms with Gasteiger partial charge in [-0.1, -0.05) is 58.2 Å². The van der Waals surface area contributed by atoms with E-state index in [1.807, 2.05) is 18.2 Å². The molecule has 0 unspecified atom stereocenters. The first-order chi connectivity index (χ1) is 19.2. The third-order valence-corrected chi connectivity index (χ3v) is 10.4. The molecule has 4 aliphatic carbocycles. The van der Waals surface area contributed by atoms with Gasteiger partial charge in [0.2, 0.25) is 0 Å². The first-order valence-corrected chi connectivity index (χ1v) is 15.1. The minimum Gasteiger partial charge on any atom is -0.478 e. The summed E-state index contributed by atoms with van der Waals surface area (Å²) in [5.74, 6) is 0.261. The van der Waals surface area contributed by atoms with Crippen LogP contribution in [0.25, 0.3) is 11.3 Å². The van der Waals surface area contributed by atoms with E-state index in [0.29, 0.717) is 51.1 Å². The Labute approximate surface area is 253 Å². The SMILES string of the molecule is O=C(O)c1ccc(NC(=S)C23CCC(COCc4c(-c5c(Cl)cccc5Cl)noc4C4CC4)(CC2)CC3)c(Cl)c1. The lowest BCUT2D eigenvalue weighted by Crippen LogP contribution is -2.49. The molecule has 2 aromatic carbocycles. The molecule has 6 nitrogen and oxygen atoms in total. The summed E-state index contributed by atoms with van der Waals surface area (Å²) in [4.78, 5) is 12.0. The number of benzene rings is 2. The van der Waals surface area contributed by atoms with Crippen LogP contribution in [0.15, 0.2) is 40.9 Å². The van der Waals surface area contributed by atoms with Crippen molar-refractivity contribution in [3.63, 3.8) is 0 Å². The number of carboxylic acids is 1. The van der Waals surface area contributed by atoms with Crippen molar-refractivity contribution < 1.29 is 19.2 Å². The molecule has 0 radical (unpaired) electrons. The normalized spacial score (nSPS) is 23.8. The Morgan fingerprint density at radius 1 is 1.05 bits per heavy atom. The number of carbonyl (C=O) groups is 1. The number of anilines is 1. The lowest BCUT2D eigenvalue weighted by Gasteiger charge is -2.53. The van der Waals surface area contributed by atoms with Crippen molar-refractivity contribution in [2.45, 2.75) is 63.9 Å². The minimum absolute atomic E-state index is 0.0759. The van der Waals surface area contributed by atoms with Crippen molar-refractivity contribution >= 4 is 63.7 Å². The third kappa shape index (κ3) is 5.27. The minimum atomic E-state index is -1.01. The zero-order valence-corrected chi connectivity index (χ0v) is 24.9. The summed E-state index contributed by atoms with van der Waals surface area (Å²) in [5, 5.41) is 18.3. The summed E-state index contributed by atoms with van der Waals surface area (Å²) in [6.45, 7) is 1.07. The maximum absolute atomic E-state index is 11.2. The van der Waals surface area contributed by atoms with Crippen molar-refractivity contribution in [1.82, 2.24) is 5.16 Å². The Balaban J connectivity index is 1.11. The van der Waals surface area contributed by atoms with Gasteiger partial charge in [0, 0.05) is 22.5 Å². The molecule has 4 fully saturated rings. The molecule has 2 N–H and O–H groups in total. The maximum Gasteiger partial charge on any atom is 0.335 e. The average Bonchev–Trinajstić information content (AvgIpc) is 3.71. The first kappa shape index (κ1) is 28.0. The standard InChI is InChI=1S/C30H29Cl3N2O4S/c31-20-2-1-3-21(32)24(20)25-19(26(39-35-25)17-4-5-17)15-38-16-29-8-11-30(12-9-29,13-10-29)28(40)34-23-7-6-18(27(36)37)14-22(23)33/h1-3,6-7,14,17H,4-5,8-13,15-16H2,(H,34,40)(H,36,37). The molecule has 0 aliphatic heterocycles. The van der Waals surface area contributed by atoms with Crippen molar-refractivity contribution in [3.8, 4) is 11.3 Å². The van der Waals surface area contributed by atoms with Gasteiger partial charge in [0.25, 0.3) is 0 Å². The van der Waals surface area contributed by atoms with Crippen LogP contribution in [-0.2, 0) is 11.3 Å². The Morgan fingerprint density at radius 3 is 2.33 bits per heavy atom. The number of hydrogen-bond donors (Lipinski definition) is 2. The van der Waals surface area contributed by atoms with Crippen molar-refractivity contribution in [3.05, 3.63) is 68.4 Å². The third-order valence-electron chi connectivity index (χ3n) is 8.97. The highest BCUT2D eigenvalue weighted by atomic mass is 35.5. The van der Waals surface area contributed by atoms with Gasteiger partial charge in [0.05, 0.1) is 44.5 Å². The van der Waals surface area contributed by atoms with E-state index in [0.717, 1.165) is 67.7 Å². The molecule has 3 aromatic rings. The Bertz CT molecular complexity index is 1440. The van der Waals surface area contributed by atoms with Crippen LogP contribution < -0.4 is 5.32 Å². The first-order valence-electron chi connectivity index (χ1n) is 13.6. The summed E-state index contributed by atoms with van der Waals surface area (Å²) < 4.78 is 12.2. The lowest BCUT2D eigenvalue weighted by molar-refractivity contribution is -0.0463. The Morgan fingerprint density at radius 2 is 1.73 bits per heavy atom. The van der Waals surface area contributed by atoms with E-state index in [-0.39, 0.29) is 16.4 Å². The number of nitrogens with one attached hydrogen (secondary N) is 1. The molecule has 210 valence electrons. The van der Waals surface area contributed by atoms with Gasteiger partial charge in [-0.3, -0.25) is 0 Å². The highest BCUT2D eigenvalue weighted by Gasteiger charge is 2.51. The van der Waals surface area contributed by atoms with Crippen LogP contribution in [0, 0.1) is 10.8 Å². The quantitative estimate of drug-likeness (QED) is 0.231. The van der Waals surface area contributed by atoms with Crippen LogP contribution in [0.4, 0.5) is 5.69 Å². The van der Waals surface area contributed by atoms with Gasteiger partial charge in [0.1, 0.15) is 11.5 Å². The summed E-state index contributed by atoms with van der Waals surface area (Å²) in [6.07, 6.45) is 8.21. The number of ether oxygens (including phenoxy) is 1. The molecule has 1 heterocycles. The molecule has 2 bridgehead atoms. The summed E-state index contributed by atoms with van der Waals surface area (Å²) in [6, 6.07) is 10.1. The zero-order chi connectivity index (χ0) is 28.1. The number of rotatable bonds is 9. The molecule has 0 atom stereocenters. The molecule has 1 aromatic heterocycles. The number of aromatic nitrogens is 1. The molecule has 4 saturated carbocycles. The fraction of sp³-hybridized carbons (Fsp3) is 0.433. The molecule has 0 amide bonds. The summed E-state index contributed by atoms with van der Waals surface area (Å²) in [5.41, 5.74) is 3.16. The van der Waals surface area contributed by atoms with Crippen LogP contribution in [0.1, 0.15) is 79.0 Å². The van der Waals surface area contributed by atoms with E-state index in [1.165, 1.54) is 12.1 Å². The highest BCUT2D eigenvalue weighted by Crippen LogP contribution is 2.58. The zero-order valence-electron chi connectivity index (χ0n) is 21.8. The number of carboxylic acid groups (broad SMARTS) is 1. The Hall–Kier alpha value is -2.16. The number of aromatic carboxylic acids is 1. The number of halogens is 3. The molecule has 0 spiro atoms. The summed E-state index contributed by atoms with van der Waals surface area (Å²) >= 11 is 25.3. The van der Waals surface area contributed by atoms with E-state index in [4.69, 9.17) is 56.3 Å². The summed E-state index contributed by atoms with van der Waals surface area (Å²) in [7, 11) is 0. The van der Waals surface area contributed by atoms with Gasteiger partial charge in [-0.25, -0.2) is 4.79 Å². The lowest BCUT2D eigenvalue weighted by atomic mass is 9.54.